The Bertz CT molecular complexity index is 558. The van der Waals surface area contributed by atoms with Crippen molar-refractivity contribution in [3.05, 3.63) is 40.7 Å². The molecule has 1 aromatic heterocycles. The number of halogens is 1. The highest BCUT2D eigenvalue weighted by Gasteiger charge is 2.03. The molecule has 0 spiro atoms. The molecule has 0 unspecified atom stereocenters. The van der Waals surface area contributed by atoms with Crippen LogP contribution in [0.15, 0.2) is 24.3 Å². The quantitative estimate of drug-likeness (QED) is 0.879. The number of aryl methyl sites for hydroxylation is 1. The predicted octanol–water partition coefficient (Wildman–Crippen LogP) is 2.53. The molecule has 0 bridgehead atoms. The average Bonchev–Trinajstić information content (AvgIpc) is 2.38. The Kier molecular flexibility index (Phi) is 4.52. The van der Waals surface area contributed by atoms with Gasteiger partial charge in [-0.25, -0.2) is 0 Å². The van der Waals surface area contributed by atoms with Crippen LogP contribution in [-0.2, 0) is 6.42 Å². The molecule has 19 heavy (non-hydrogen) atoms. The third-order valence-corrected chi connectivity index (χ3v) is 2.78. The number of nitrogens with one attached hydrogen (secondary N) is 2. The van der Waals surface area contributed by atoms with Crippen molar-refractivity contribution in [2.24, 2.45) is 0 Å². The summed E-state index contributed by atoms with van der Waals surface area (Å²) in [6.45, 7) is 2.83. The number of aromatic nitrogens is 3. The van der Waals surface area contributed by atoms with Crippen molar-refractivity contribution in [1.29, 1.82) is 0 Å². The summed E-state index contributed by atoms with van der Waals surface area (Å²) in [4.78, 5) is 12.1. The van der Waals surface area contributed by atoms with Crippen LogP contribution in [0.1, 0.15) is 11.1 Å². The van der Waals surface area contributed by atoms with E-state index >= 15 is 0 Å². The molecule has 6 heteroatoms. The van der Waals surface area contributed by atoms with E-state index in [2.05, 4.69) is 56.8 Å². The van der Waals surface area contributed by atoms with Gasteiger partial charge >= 0.3 is 0 Å². The van der Waals surface area contributed by atoms with Crippen LogP contribution in [-0.4, -0.2) is 28.5 Å². The molecule has 0 fully saturated rings. The summed E-state index contributed by atoms with van der Waals surface area (Å²) in [7, 11) is 1.74. The van der Waals surface area contributed by atoms with Crippen molar-refractivity contribution in [3.8, 4) is 0 Å². The first-order valence-electron chi connectivity index (χ1n) is 6.06. The molecule has 0 saturated carbocycles. The zero-order chi connectivity index (χ0) is 13.7. The van der Waals surface area contributed by atoms with Gasteiger partial charge in [0.2, 0.25) is 17.2 Å². The number of nitrogens with zero attached hydrogens (tertiary/aromatic N) is 3. The van der Waals surface area contributed by atoms with Crippen LogP contribution in [0, 0.1) is 6.92 Å². The fraction of sp³-hybridized carbons (Fsp3) is 0.308. The van der Waals surface area contributed by atoms with Crippen LogP contribution in [0.25, 0.3) is 0 Å². The van der Waals surface area contributed by atoms with Crippen LogP contribution in [0.2, 0.25) is 5.28 Å². The Labute approximate surface area is 117 Å². The lowest BCUT2D eigenvalue weighted by Gasteiger charge is -2.07. The zero-order valence-electron chi connectivity index (χ0n) is 10.9. The highest BCUT2D eigenvalue weighted by Crippen LogP contribution is 2.09. The second kappa shape index (κ2) is 6.33. The topological polar surface area (TPSA) is 62.7 Å². The van der Waals surface area contributed by atoms with Crippen molar-refractivity contribution >= 4 is 23.5 Å². The van der Waals surface area contributed by atoms with Gasteiger partial charge in [0.05, 0.1) is 0 Å². The van der Waals surface area contributed by atoms with Crippen molar-refractivity contribution < 1.29 is 0 Å². The van der Waals surface area contributed by atoms with E-state index in [0.717, 1.165) is 13.0 Å². The molecule has 0 aliphatic rings. The van der Waals surface area contributed by atoms with E-state index in [-0.39, 0.29) is 5.28 Å². The van der Waals surface area contributed by atoms with Crippen molar-refractivity contribution in [1.82, 2.24) is 15.0 Å². The number of benzene rings is 1. The summed E-state index contributed by atoms with van der Waals surface area (Å²) in [5.74, 6) is 0.940. The van der Waals surface area contributed by atoms with Gasteiger partial charge in [-0.3, -0.25) is 0 Å². The average molecular weight is 278 g/mol. The molecular weight excluding hydrogens is 262 g/mol. The first-order valence-corrected chi connectivity index (χ1v) is 6.44. The van der Waals surface area contributed by atoms with E-state index in [1.165, 1.54) is 11.1 Å². The lowest BCUT2D eigenvalue weighted by molar-refractivity contribution is 0.962. The van der Waals surface area contributed by atoms with Crippen LogP contribution >= 0.6 is 11.6 Å². The number of anilines is 2. The Morgan fingerprint density at radius 3 is 2.68 bits per heavy atom. The Hall–Kier alpha value is -1.88. The lowest BCUT2D eigenvalue weighted by Crippen LogP contribution is -2.10. The summed E-state index contributed by atoms with van der Waals surface area (Å²) >= 11 is 5.80. The van der Waals surface area contributed by atoms with Crippen molar-refractivity contribution in [2.75, 3.05) is 24.2 Å². The van der Waals surface area contributed by atoms with E-state index in [0.29, 0.717) is 11.9 Å². The van der Waals surface area contributed by atoms with E-state index in [9.17, 15) is 0 Å². The van der Waals surface area contributed by atoms with Crippen molar-refractivity contribution in [3.63, 3.8) is 0 Å². The maximum absolute atomic E-state index is 5.80. The largest absolute Gasteiger partial charge is 0.357 e. The summed E-state index contributed by atoms with van der Waals surface area (Å²) in [6, 6.07) is 8.42. The van der Waals surface area contributed by atoms with Crippen LogP contribution < -0.4 is 10.6 Å². The molecule has 0 saturated heterocycles. The van der Waals surface area contributed by atoms with Gasteiger partial charge in [-0.1, -0.05) is 29.8 Å². The van der Waals surface area contributed by atoms with E-state index in [4.69, 9.17) is 11.6 Å². The van der Waals surface area contributed by atoms with Gasteiger partial charge in [0.25, 0.3) is 0 Å². The second-order valence-corrected chi connectivity index (χ2v) is 4.51. The number of hydrogen-bond donors (Lipinski definition) is 2. The van der Waals surface area contributed by atoms with Crippen LogP contribution in [0.4, 0.5) is 11.9 Å². The molecule has 2 rings (SSSR count). The molecule has 2 aromatic rings. The fourth-order valence-electron chi connectivity index (χ4n) is 1.73. The first-order chi connectivity index (χ1) is 9.17. The molecule has 0 amide bonds. The van der Waals surface area contributed by atoms with Gasteiger partial charge in [-0.05, 0) is 30.5 Å². The maximum Gasteiger partial charge on any atom is 0.228 e. The third-order valence-electron chi connectivity index (χ3n) is 2.61. The molecule has 0 aliphatic carbocycles. The van der Waals surface area contributed by atoms with Gasteiger partial charge < -0.3 is 10.6 Å². The molecule has 5 nitrogen and oxygen atoms in total. The molecule has 2 N–H and O–H groups in total. The minimum absolute atomic E-state index is 0.178. The lowest BCUT2D eigenvalue weighted by atomic mass is 10.1. The minimum atomic E-state index is 0.178. The zero-order valence-corrected chi connectivity index (χ0v) is 11.7. The van der Waals surface area contributed by atoms with E-state index in [1.54, 1.807) is 7.05 Å². The molecule has 1 heterocycles. The molecular formula is C13H16ClN5. The summed E-state index contributed by atoms with van der Waals surface area (Å²) in [6.07, 6.45) is 0.903. The summed E-state index contributed by atoms with van der Waals surface area (Å²) in [5, 5.41) is 6.16. The van der Waals surface area contributed by atoms with Gasteiger partial charge in [0.1, 0.15) is 0 Å². The predicted molar refractivity (Wildman–Crippen MR) is 77.8 cm³/mol. The molecule has 0 radical (unpaired) electrons. The highest BCUT2D eigenvalue weighted by molar-refractivity contribution is 6.28. The molecule has 0 atom stereocenters. The monoisotopic (exact) mass is 277 g/mol. The summed E-state index contributed by atoms with van der Waals surface area (Å²) < 4.78 is 0. The van der Waals surface area contributed by atoms with Crippen LogP contribution in [0.3, 0.4) is 0 Å². The minimum Gasteiger partial charge on any atom is -0.357 e. The SMILES string of the molecule is CNc1nc(Cl)nc(NCCc2cccc(C)c2)n1. The third kappa shape index (κ3) is 4.06. The fourth-order valence-corrected chi connectivity index (χ4v) is 1.89. The number of rotatable bonds is 5. The Balaban J connectivity index is 1.94. The molecule has 0 aliphatic heterocycles. The van der Waals surface area contributed by atoms with Crippen molar-refractivity contribution in [2.45, 2.75) is 13.3 Å². The van der Waals surface area contributed by atoms with E-state index in [1.807, 2.05) is 0 Å². The second-order valence-electron chi connectivity index (χ2n) is 4.17. The Morgan fingerprint density at radius 1 is 1.16 bits per heavy atom. The normalized spacial score (nSPS) is 10.3. The molecule has 100 valence electrons. The highest BCUT2D eigenvalue weighted by atomic mass is 35.5. The van der Waals surface area contributed by atoms with E-state index < -0.39 is 0 Å². The summed E-state index contributed by atoms with van der Waals surface area (Å²) in [5.41, 5.74) is 2.54. The standard InChI is InChI=1S/C13H16ClN5/c1-9-4-3-5-10(8-9)6-7-16-13-18-11(14)17-12(15-2)19-13/h3-5,8H,6-7H2,1-2H3,(H2,15,16,17,18,19). The first kappa shape index (κ1) is 13.5. The Morgan fingerprint density at radius 2 is 1.95 bits per heavy atom. The maximum atomic E-state index is 5.80. The van der Waals surface area contributed by atoms with Crippen LogP contribution in [0.5, 0.6) is 0 Å². The smallest absolute Gasteiger partial charge is 0.228 e. The van der Waals surface area contributed by atoms with Gasteiger partial charge in [0.15, 0.2) is 0 Å². The van der Waals surface area contributed by atoms with Gasteiger partial charge in [0, 0.05) is 13.6 Å². The van der Waals surface area contributed by atoms with Gasteiger partial charge in [-0.2, -0.15) is 15.0 Å². The van der Waals surface area contributed by atoms with Gasteiger partial charge in [-0.15, -0.1) is 0 Å². The molecule has 1 aromatic carbocycles. The number of hydrogen-bond acceptors (Lipinski definition) is 5.